The summed E-state index contributed by atoms with van der Waals surface area (Å²) in [6, 6.07) is 1.94. The zero-order valence-corrected chi connectivity index (χ0v) is 12.3. The number of carbonyl (C=O) groups excluding carboxylic acids is 1. The summed E-state index contributed by atoms with van der Waals surface area (Å²) in [5.74, 6) is 1.24. The van der Waals surface area contributed by atoms with Crippen LogP contribution in [0, 0.1) is 19.8 Å². The number of aromatic nitrogens is 2. The molecule has 0 atom stereocenters. The molecule has 0 aromatic carbocycles. The first-order valence-electron chi connectivity index (χ1n) is 6.80. The second-order valence-corrected chi connectivity index (χ2v) is 5.20. The largest absolute Gasteiger partial charge is 0.356 e. The van der Waals surface area contributed by atoms with Gasteiger partial charge in [-0.05, 0) is 32.3 Å². The highest BCUT2D eigenvalue weighted by Crippen LogP contribution is 2.03. The van der Waals surface area contributed by atoms with Gasteiger partial charge in [-0.2, -0.15) is 0 Å². The lowest BCUT2D eigenvalue weighted by Crippen LogP contribution is -2.27. The number of nitrogens with one attached hydrogen (secondary N) is 2. The van der Waals surface area contributed by atoms with Crippen molar-refractivity contribution in [1.82, 2.24) is 15.3 Å². The third-order valence-corrected chi connectivity index (χ3v) is 2.55. The lowest BCUT2D eigenvalue weighted by atomic mass is 10.2. The van der Waals surface area contributed by atoms with Crippen molar-refractivity contribution in [2.24, 2.45) is 5.92 Å². The highest BCUT2D eigenvalue weighted by Gasteiger charge is 2.03. The maximum atomic E-state index is 11.5. The molecule has 1 aromatic rings. The van der Waals surface area contributed by atoms with Crippen LogP contribution in [0.5, 0.6) is 0 Å². The minimum atomic E-state index is 0.108. The van der Waals surface area contributed by atoms with Gasteiger partial charge in [-0.1, -0.05) is 13.8 Å². The predicted octanol–water partition coefficient (Wildman–Crippen LogP) is 2.06. The van der Waals surface area contributed by atoms with Crippen LogP contribution in [-0.2, 0) is 4.79 Å². The first kappa shape index (κ1) is 15.4. The lowest BCUT2D eigenvalue weighted by Gasteiger charge is -2.08. The molecule has 2 N–H and O–H groups in total. The standard InChI is InChI=1S/C14H24N4O/c1-10(2)9-16-13(19)6-5-7-15-14-17-11(3)8-12(4)18-14/h8,10H,5-7,9H2,1-4H3,(H,16,19)(H,15,17,18). The van der Waals surface area contributed by atoms with E-state index in [1.165, 1.54) is 0 Å². The molecule has 0 saturated heterocycles. The van der Waals surface area contributed by atoms with Gasteiger partial charge in [-0.3, -0.25) is 4.79 Å². The third-order valence-electron chi connectivity index (χ3n) is 2.55. The SMILES string of the molecule is Cc1cc(C)nc(NCCCC(=O)NCC(C)C)n1. The van der Waals surface area contributed by atoms with Gasteiger partial charge in [0.05, 0.1) is 0 Å². The lowest BCUT2D eigenvalue weighted by molar-refractivity contribution is -0.121. The van der Waals surface area contributed by atoms with E-state index in [1.54, 1.807) is 0 Å². The van der Waals surface area contributed by atoms with Gasteiger partial charge in [0.1, 0.15) is 0 Å². The molecule has 1 heterocycles. The van der Waals surface area contributed by atoms with E-state index in [9.17, 15) is 4.79 Å². The first-order chi connectivity index (χ1) is 8.97. The monoisotopic (exact) mass is 264 g/mol. The van der Waals surface area contributed by atoms with Gasteiger partial charge < -0.3 is 10.6 Å². The van der Waals surface area contributed by atoms with Crippen LogP contribution in [-0.4, -0.2) is 29.0 Å². The Bertz CT molecular complexity index is 398. The number of hydrogen-bond acceptors (Lipinski definition) is 4. The van der Waals surface area contributed by atoms with E-state index < -0.39 is 0 Å². The molecule has 0 bridgehead atoms. The van der Waals surface area contributed by atoms with Crippen LogP contribution in [0.15, 0.2) is 6.07 Å². The van der Waals surface area contributed by atoms with Crippen LogP contribution < -0.4 is 10.6 Å². The molecule has 0 radical (unpaired) electrons. The molecule has 0 aliphatic carbocycles. The van der Waals surface area contributed by atoms with E-state index in [0.717, 1.165) is 24.4 Å². The van der Waals surface area contributed by atoms with Crippen molar-refractivity contribution in [3.63, 3.8) is 0 Å². The Labute approximate surface area is 115 Å². The van der Waals surface area contributed by atoms with E-state index in [-0.39, 0.29) is 5.91 Å². The van der Waals surface area contributed by atoms with Gasteiger partial charge >= 0.3 is 0 Å². The average molecular weight is 264 g/mol. The number of rotatable bonds is 7. The Morgan fingerprint density at radius 1 is 1.26 bits per heavy atom. The van der Waals surface area contributed by atoms with Crippen LogP contribution in [0.25, 0.3) is 0 Å². The molecule has 1 rings (SSSR count). The maximum absolute atomic E-state index is 11.5. The van der Waals surface area contributed by atoms with E-state index in [1.807, 2.05) is 19.9 Å². The predicted molar refractivity (Wildman–Crippen MR) is 77.1 cm³/mol. The van der Waals surface area contributed by atoms with Crippen molar-refractivity contribution in [2.75, 3.05) is 18.4 Å². The fourth-order valence-corrected chi connectivity index (χ4v) is 1.66. The zero-order chi connectivity index (χ0) is 14.3. The summed E-state index contributed by atoms with van der Waals surface area (Å²) in [5.41, 5.74) is 1.90. The molecule has 1 aromatic heterocycles. The highest BCUT2D eigenvalue weighted by atomic mass is 16.1. The molecule has 0 aliphatic heterocycles. The summed E-state index contributed by atoms with van der Waals surface area (Å²) in [6.45, 7) is 9.50. The Kier molecular flexibility index (Phi) is 6.25. The van der Waals surface area contributed by atoms with Gasteiger partial charge in [-0.25, -0.2) is 9.97 Å². The third kappa shape index (κ3) is 6.74. The highest BCUT2D eigenvalue weighted by molar-refractivity contribution is 5.75. The summed E-state index contributed by atoms with van der Waals surface area (Å²) in [7, 11) is 0. The fraction of sp³-hybridized carbons (Fsp3) is 0.643. The molecular formula is C14H24N4O. The number of aryl methyl sites for hydroxylation is 2. The Balaban J connectivity index is 2.21. The summed E-state index contributed by atoms with van der Waals surface area (Å²) >= 11 is 0. The molecule has 5 nitrogen and oxygen atoms in total. The van der Waals surface area contributed by atoms with Crippen LogP contribution >= 0.6 is 0 Å². The van der Waals surface area contributed by atoms with Crippen molar-refractivity contribution >= 4 is 11.9 Å². The average Bonchev–Trinajstić information content (AvgIpc) is 2.31. The van der Waals surface area contributed by atoms with Crippen molar-refractivity contribution in [1.29, 1.82) is 0 Å². The molecule has 19 heavy (non-hydrogen) atoms. The molecule has 0 unspecified atom stereocenters. The van der Waals surface area contributed by atoms with Crippen LogP contribution in [0.1, 0.15) is 38.1 Å². The Hall–Kier alpha value is -1.65. The number of hydrogen-bond donors (Lipinski definition) is 2. The second kappa shape index (κ2) is 7.71. The normalized spacial score (nSPS) is 10.6. The molecule has 106 valence electrons. The van der Waals surface area contributed by atoms with Crippen LogP contribution in [0.4, 0.5) is 5.95 Å². The van der Waals surface area contributed by atoms with E-state index >= 15 is 0 Å². The number of anilines is 1. The fourth-order valence-electron chi connectivity index (χ4n) is 1.66. The van der Waals surface area contributed by atoms with Gasteiger partial charge in [0.2, 0.25) is 11.9 Å². The smallest absolute Gasteiger partial charge is 0.223 e. The van der Waals surface area contributed by atoms with Crippen molar-refractivity contribution < 1.29 is 4.79 Å². The second-order valence-electron chi connectivity index (χ2n) is 5.20. The Morgan fingerprint density at radius 3 is 2.47 bits per heavy atom. The summed E-state index contributed by atoms with van der Waals surface area (Å²) in [5, 5.41) is 6.05. The zero-order valence-electron chi connectivity index (χ0n) is 12.3. The molecule has 0 saturated carbocycles. The van der Waals surface area contributed by atoms with E-state index in [4.69, 9.17) is 0 Å². The first-order valence-corrected chi connectivity index (χ1v) is 6.80. The minimum Gasteiger partial charge on any atom is -0.356 e. The molecule has 0 aliphatic rings. The molecule has 1 amide bonds. The quantitative estimate of drug-likeness (QED) is 0.740. The van der Waals surface area contributed by atoms with E-state index in [0.29, 0.717) is 24.8 Å². The van der Waals surface area contributed by atoms with Crippen LogP contribution in [0.3, 0.4) is 0 Å². The van der Waals surface area contributed by atoms with E-state index in [2.05, 4.69) is 34.4 Å². The molecule has 5 heteroatoms. The van der Waals surface area contributed by atoms with Gasteiger partial charge in [-0.15, -0.1) is 0 Å². The number of nitrogens with zero attached hydrogens (tertiary/aromatic N) is 2. The van der Waals surface area contributed by atoms with Gasteiger partial charge in [0, 0.05) is 30.9 Å². The van der Waals surface area contributed by atoms with Gasteiger partial charge in [0.15, 0.2) is 0 Å². The van der Waals surface area contributed by atoms with Crippen molar-refractivity contribution in [2.45, 2.75) is 40.5 Å². The molecular weight excluding hydrogens is 240 g/mol. The number of carbonyl (C=O) groups is 1. The van der Waals surface area contributed by atoms with Gasteiger partial charge in [0.25, 0.3) is 0 Å². The minimum absolute atomic E-state index is 0.108. The summed E-state index contributed by atoms with van der Waals surface area (Å²) in [4.78, 5) is 20.1. The van der Waals surface area contributed by atoms with Crippen molar-refractivity contribution in [3.8, 4) is 0 Å². The summed E-state index contributed by atoms with van der Waals surface area (Å²) < 4.78 is 0. The Morgan fingerprint density at radius 2 is 1.89 bits per heavy atom. The maximum Gasteiger partial charge on any atom is 0.223 e. The molecule has 0 spiro atoms. The molecule has 0 fully saturated rings. The topological polar surface area (TPSA) is 66.9 Å². The summed E-state index contributed by atoms with van der Waals surface area (Å²) in [6.07, 6.45) is 1.31. The van der Waals surface area contributed by atoms with Crippen LogP contribution in [0.2, 0.25) is 0 Å². The van der Waals surface area contributed by atoms with Crippen molar-refractivity contribution in [3.05, 3.63) is 17.5 Å². The number of amides is 1.